The summed E-state index contributed by atoms with van der Waals surface area (Å²) in [4.78, 5) is 31.8. The maximum atomic E-state index is 12.6. The molecule has 0 N–H and O–H groups in total. The monoisotopic (exact) mass is 587 g/mol. The van der Waals surface area contributed by atoms with Crippen molar-refractivity contribution >= 4 is 29.1 Å². The molecule has 0 bridgehead atoms. The Labute approximate surface area is 253 Å². The quantitative estimate of drug-likeness (QED) is 0.223. The van der Waals surface area contributed by atoms with E-state index in [0.717, 1.165) is 48.8 Å². The molecule has 6 rings (SSSR count). The van der Waals surface area contributed by atoms with Gasteiger partial charge in [0.05, 0.1) is 29.9 Å². The average molecular weight is 588 g/mol. The molecule has 0 spiro atoms. The number of fused-ring (bicyclic) bond motifs is 2. The molecule has 7 nitrogen and oxygen atoms in total. The maximum Gasteiger partial charge on any atom is 0.261 e. The number of carbonyl (C=O) groups excluding carboxylic acids is 2. The van der Waals surface area contributed by atoms with Crippen LogP contribution >= 0.6 is 11.6 Å². The molecule has 2 saturated heterocycles. The van der Waals surface area contributed by atoms with Gasteiger partial charge in [-0.25, -0.2) is 0 Å². The zero-order valence-electron chi connectivity index (χ0n) is 24.6. The highest BCUT2D eigenvalue weighted by molar-refractivity contribution is 6.32. The first kappa shape index (κ1) is 28.6. The molecule has 220 valence electrons. The van der Waals surface area contributed by atoms with E-state index >= 15 is 0 Å². The van der Waals surface area contributed by atoms with Gasteiger partial charge in [-0.05, 0) is 86.6 Å². The minimum absolute atomic E-state index is 0.216. The summed E-state index contributed by atoms with van der Waals surface area (Å²) in [5.41, 5.74) is 5.96. The number of methoxy groups -OCH3 is 1. The third kappa shape index (κ3) is 5.25. The van der Waals surface area contributed by atoms with Gasteiger partial charge in [0.2, 0.25) is 0 Å². The fraction of sp³-hybridized carbons (Fsp3) is 0.412. The molecule has 42 heavy (non-hydrogen) atoms. The average Bonchev–Trinajstić information content (AvgIpc) is 3.26. The summed E-state index contributed by atoms with van der Waals surface area (Å²) in [5.74, 6) is 1.15. The highest BCUT2D eigenvalue weighted by Crippen LogP contribution is 2.40. The Hall–Kier alpha value is -3.55. The van der Waals surface area contributed by atoms with E-state index in [1.54, 1.807) is 31.4 Å². The molecule has 3 aliphatic rings. The Morgan fingerprint density at radius 1 is 0.905 bits per heavy atom. The lowest BCUT2D eigenvalue weighted by Crippen LogP contribution is -2.56. The van der Waals surface area contributed by atoms with Crippen molar-refractivity contribution in [3.05, 3.63) is 87.4 Å². The van der Waals surface area contributed by atoms with E-state index in [4.69, 9.17) is 21.1 Å². The van der Waals surface area contributed by atoms with E-state index in [1.807, 2.05) is 12.1 Å². The number of hydrogen-bond donors (Lipinski definition) is 0. The fourth-order valence-corrected chi connectivity index (χ4v) is 7.04. The second-order valence-corrected chi connectivity index (χ2v) is 11.9. The van der Waals surface area contributed by atoms with Crippen LogP contribution in [-0.4, -0.2) is 67.6 Å². The Bertz CT molecular complexity index is 1470. The smallest absolute Gasteiger partial charge is 0.261 e. The molecule has 3 aliphatic heterocycles. The molecule has 0 unspecified atom stereocenters. The van der Waals surface area contributed by atoms with Gasteiger partial charge in [-0.15, -0.1) is 0 Å². The zero-order valence-corrected chi connectivity index (χ0v) is 25.3. The van der Waals surface area contributed by atoms with Gasteiger partial charge in [-0.2, -0.15) is 0 Å². The molecule has 3 aromatic carbocycles. The predicted octanol–water partition coefficient (Wildman–Crippen LogP) is 6.45. The topological polar surface area (TPSA) is 62.3 Å². The number of ether oxygens (including phenoxy) is 2. The summed E-state index contributed by atoms with van der Waals surface area (Å²) in [7, 11) is 1.66. The minimum atomic E-state index is -0.216. The molecule has 0 aliphatic carbocycles. The van der Waals surface area contributed by atoms with Gasteiger partial charge in [0.25, 0.3) is 11.8 Å². The standard InChI is InChI=1S/C34H38ClN3O4/c1-22-23(2)31(42-19-7-16-38-33(39)27-9-4-5-10-28(27)34(38)40)15-13-26(22)30-11-6-8-25-21-36(17-18-37(25)30)24-12-14-29(35)32(20-24)41-3/h4-5,9-10,12-15,20,25,30H,6-8,11,16-19,21H2,1-3H3/t25-,30+/m0/s1. The van der Waals surface area contributed by atoms with Crippen LogP contribution in [0.2, 0.25) is 5.02 Å². The minimum Gasteiger partial charge on any atom is -0.495 e. The molecular weight excluding hydrogens is 550 g/mol. The number of amides is 2. The van der Waals surface area contributed by atoms with E-state index in [1.165, 1.54) is 28.9 Å². The summed E-state index contributed by atoms with van der Waals surface area (Å²) in [5, 5.41) is 0.638. The number of nitrogens with zero attached hydrogens (tertiary/aromatic N) is 3. The second-order valence-electron chi connectivity index (χ2n) is 11.5. The predicted molar refractivity (Wildman–Crippen MR) is 165 cm³/mol. The number of carbonyl (C=O) groups is 2. The van der Waals surface area contributed by atoms with Crippen molar-refractivity contribution < 1.29 is 19.1 Å². The van der Waals surface area contributed by atoms with Gasteiger partial charge in [0, 0.05) is 50.0 Å². The highest BCUT2D eigenvalue weighted by Gasteiger charge is 2.37. The van der Waals surface area contributed by atoms with Gasteiger partial charge in [-0.3, -0.25) is 19.4 Å². The van der Waals surface area contributed by atoms with Crippen LogP contribution in [0.1, 0.15) is 69.1 Å². The first-order valence-electron chi connectivity index (χ1n) is 14.9. The van der Waals surface area contributed by atoms with Crippen LogP contribution in [0.5, 0.6) is 11.5 Å². The van der Waals surface area contributed by atoms with Crippen LogP contribution in [0.15, 0.2) is 54.6 Å². The Balaban J connectivity index is 1.08. The molecule has 0 radical (unpaired) electrons. The first-order valence-corrected chi connectivity index (χ1v) is 15.3. The van der Waals surface area contributed by atoms with E-state index in [9.17, 15) is 9.59 Å². The number of piperazine rings is 1. The third-order valence-electron chi connectivity index (χ3n) is 9.24. The van der Waals surface area contributed by atoms with Crippen LogP contribution in [0, 0.1) is 13.8 Å². The van der Waals surface area contributed by atoms with Gasteiger partial charge in [-0.1, -0.05) is 29.8 Å². The summed E-state index contributed by atoms with van der Waals surface area (Å²) in [6.07, 6.45) is 4.15. The van der Waals surface area contributed by atoms with E-state index in [2.05, 4.69) is 41.8 Å². The van der Waals surface area contributed by atoms with Crippen LogP contribution in [0.4, 0.5) is 5.69 Å². The van der Waals surface area contributed by atoms with Crippen molar-refractivity contribution in [2.45, 2.75) is 51.6 Å². The Kier molecular flexibility index (Phi) is 8.15. The SMILES string of the molecule is COc1cc(N2CCN3[C@@H](CCC[C@@H]3c3ccc(OCCCN4C(=O)c5ccccc5C4=O)c(C)c3C)C2)ccc1Cl. The highest BCUT2D eigenvalue weighted by atomic mass is 35.5. The number of piperidine rings is 1. The molecule has 8 heteroatoms. The van der Waals surface area contributed by atoms with Crippen molar-refractivity contribution in [3.63, 3.8) is 0 Å². The van der Waals surface area contributed by atoms with Crippen molar-refractivity contribution in [2.24, 2.45) is 0 Å². The van der Waals surface area contributed by atoms with Gasteiger partial charge in [0.1, 0.15) is 11.5 Å². The Morgan fingerprint density at radius 2 is 1.67 bits per heavy atom. The lowest BCUT2D eigenvalue weighted by atomic mass is 9.86. The summed E-state index contributed by atoms with van der Waals surface area (Å²) < 4.78 is 11.6. The molecule has 2 amide bonds. The Morgan fingerprint density at radius 3 is 2.40 bits per heavy atom. The summed E-state index contributed by atoms with van der Waals surface area (Å²) in [6, 6.07) is 18.3. The van der Waals surface area contributed by atoms with E-state index in [0.29, 0.717) is 47.8 Å². The van der Waals surface area contributed by atoms with Gasteiger partial charge in [0.15, 0.2) is 0 Å². The summed E-state index contributed by atoms with van der Waals surface area (Å²) in [6.45, 7) is 8.09. The van der Waals surface area contributed by atoms with Gasteiger partial charge < -0.3 is 14.4 Å². The fourth-order valence-electron chi connectivity index (χ4n) is 6.84. The molecule has 0 saturated carbocycles. The van der Waals surface area contributed by atoms with Crippen LogP contribution < -0.4 is 14.4 Å². The van der Waals surface area contributed by atoms with Crippen molar-refractivity contribution in [1.82, 2.24) is 9.80 Å². The first-order chi connectivity index (χ1) is 20.4. The summed E-state index contributed by atoms with van der Waals surface area (Å²) >= 11 is 6.27. The molecule has 3 aromatic rings. The normalized spacial score (nSPS) is 20.5. The number of rotatable bonds is 8. The molecule has 3 heterocycles. The van der Waals surface area contributed by atoms with E-state index in [-0.39, 0.29) is 11.8 Å². The zero-order chi connectivity index (χ0) is 29.4. The number of halogens is 1. The largest absolute Gasteiger partial charge is 0.495 e. The second kappa shape index (κ2) is 12.0. The van der Waals surface area contributed by atoms with Crippen molar-refractivity contribution in [2.75, 3.05) is 44.8 Å². The van der Waals surface area contributed by atoms with Crippen molar-refractivity contribution in [3.8, 4) is 11.5 Å². The maximum absolute atomic E-state index is 12.6. The lowest BCUT2D eigenvalue weighted by molar-refractivity contribution is 0.0646. The van der Waals surface area contributed by atoms with Gasteiger partial charge >= 0.3 is 0 Å². The number of benzene rings is 3. The molecular formula is C34H38ClN3O4. The van der Waals surface area contributed by atoms with Crippen LogP contribution in [0.25, 0.3) is 0 Å². The molecule has 0 aromatic heterocycles. The number of anilines is 1. The lowest BCUT2D eigenvalue weighted by Gasteiger charge is -2.49. The van der Waals surface area contributed by atoms with Crippen molar-refractivity contribution in [1.29, 1.82) is 0 Å². The van der Waals surface area contributed by atoms with E-state index < -0.39 is 0 Å². The van der Waals surface area contributed by atoms with Crippen LogP contribution in [0.3, 0.4) is 0 Å². The number of imide groups is 1. The van der Waals surface area contributed by atoms with Crippen LogP contribution in [-0.2, 0) is 0 Å². The number of hydrogen-bond acceptors (Lipinski definition) is 6. The molecule has 2 fully saturated rings. The molecule has 2 atom stereocenters. The third-order valence-corrected chi connectivity index (χ3v) is 9.56.